The molecule has 30 heavy (non-hydrogen) atoms. The van der Waals surface area contributed by atoms with Gasteiger partial charge in [0.2, 0.25) is 0 Å². The Morgan fingerprint density at radius 2 is 1.63 bits per heavy atom. The number of ketones is 1. The van der Waals surface area contributed by atoms with Crippen LogP contribution >= 0.6 is 0 Å². The Morgan fingerprint density at radius 3 is 2.27 bits per heavy atom. The molecular formula is C23H23FN4O2. The number of rotatable bonds is 4. The van der Waals surface area contributed by atoms with Gasteiger partial charge in [-0.2, -0.15) is 5.10 Å². The molecule has 1 saturated heterocycles. The molecule has 1 aromatic heterocycles. The summed E-state index contributed by atoms with van der Waals surface area (Å²) in [5.74, 6) is -0.544. The van der Waals surface area contributed by atoms with Crippen molar-refractivity contribution in [3.05, 3.63) is 77.4 Å². The van der Waals surface area contributed by atoms with Gasteiger partial charge in [0.15, 0.2) is 5.78 Å². The number of anilines is 1. The van der Waals surface area contributed by atoms with Gasteiger partial charge in [-0.3, -0.25) is 9.59 Å². The van der Waals surface area contributed by atoms with Gasteiger partial charge < -0.3 is 9.80 Å². The van der Waals surface area contributed by atoms with E-state index in [1.165, 1.54) is 10.7 Å². The van der Waals surface area contributed by atoms with Gasteiger partial charge in [-0.15, -0.1) is 0 Å². The topological polar surface area (TPSA) is 58.4 Å². The number of carbonyl (C=O) groups is 2. The van der Waals surface area contributed by atoms with Gasteiger partial charge in [0.05, 0.1) is 5.69 Å². The van der Waals surface area contributed by atoms with Crippen molar-refractivity contribution in [1.82, 2.24) is 14.7 Å². The van der Waals surface area contributed by atoms with E-state index in [-0.39, 0.29) is 17.4 Å². The third kappa shape index (κ3) is 3.83. The van der Waals surface area contributed by atoms with E-state index in [2.05, 4.69) is 10.00 Å². The number of para-hydroxylation sites is 1. The summed E-state index contributed by atoms with van der Waals surface area (Å²) in [6.45, 7) is 5.80. The van der Waals surface area contributed by atoms with Crippen LogP contribution in [0.3, 0.4) is 0 Å². The summed E-state index contributed by atoms with van der Waals surface area (Å²) < 4.78 is 15.7. The number of carbonyl (C=O) groups excluding carboxylic acids is 2. The predicted octanol–water partition coefficient (Wildman–Crippen LogP) is 3.48. The molecule has 2 heterocycles. The van der Waals surface area contributed by atoms with Gasteiger partial charge in [0, 0.05) is 37.4 Å². The molecule has 0 saturated carbocycles. The number of amides is 1. The number of hydrogen-bond acceptors (Lipinski definition) is 4. The van der Waals surface area contributed by atoms with Gasteiger partial charge in [-0.1, -0.05) is 12.1 Å². The molecule has 1 aliphatic heterocycles. The molecule has 6 nitrogen and oxygen atoms in total. The van der Waals surface area contributed by atoms with E-state index in [1.807, 2.05) is 24.3 Å². The first-order chi connectivity index (χ1) is 14.4. The highest BCUT2D eigenvalue weighted by Gasteiger charge is 2.26. The fraction of sp³-hybridized carbons (Fsp3) is 0.261. The van der Waals surface area contributed by atoms with Crippen molar-refractivity contribution in [3.8, 4) is 5.69 Å². The summed E-state index contributed by atoms with van der Waals surface area (Å²) >= 11 is 0. The number of nitrogens with zero attached hydrogens (tertiary/aromatic N) is 4. The van der Waals surface area contributed by atoms with Gasteiger partial charge >= 0.3 is 0 Å². The minimum atomic E-state index is -0.423. The molecule has 1 aliphatic rings. The third-order valence-corrected chi connectivity index (χ3v) is 5.34. The summed E-state index contributed by atoms with van der Waals surface area (Å²) in [5.41, 5.74) is 2.99. The maximum absolute atomic E-state index is 14.3. The molecule has 0 bridgehead atoms. The molecule has 4 rings (SSSR count). The highest BCUT2D eigenvalue weighted by atomic mass is 19.1. The lowest BCUT2D eigenvalue weighted by molar-refractivity contribution is 0.0737. The van der Waals surface area contributed by atoms with Crippen molar-refractivity contribution >= 4 is 17.4 Å². The number of halogens is 1. The van der Waals surface area contributed by atoms with E-state index >= 15 is 0 Å². The molecule has 3 aromatic rings. The quantitative estimate of drug-likeness (QED) is 0.623. The SMILES string of the molecule is CC(=O)c1ccc(N2CCN(C(=O)c3cc(C)nn3-c3ccccc3F)CC2)cc1. The van der Waals surface area contributed by atoms with Gasteiger partial charge in [0.1, 0.15) is 17.2 Å². The van der Waals surface area contributed by atoms with E-state index in [9.17, 15) is 14.0 Å². The Morgan fingerprint density at radius 1 is 0.967 bits per heavy atom. The zero-order valence-corrected chi connectivity index (χ0v) is 17.0. The first kappa shape index (κ1) is 19.8. The zero-order chi connectivity index (χ0) is 21.3. The molecule has 154 valence electrons. The van der Waals surface area contributed by atoms with Crippen LogP contribution in [0, 0.1) is 12.7 Å². The lowest BCUT2D eigenvalue weighted by Crippen LogP contribution is -2.49. The zero-order valence-electron chi connectivity index (χ0n) is 17.0. The number of aryl methyl sites for hydroxylation is 1. The monoisotopic (exact) mass is 406 g/mol. The molecule has 7 heteroatoms. The van der Waals surface area contributed by atoms with Crippen molar-refractivity contribution in [3.63, 3.8) is 0 Å². The normalized spacial score (nSPS) is 14.1. The third-order valence-electron chi connectivity index (χ3n) is 5.34. The average molecular weight is 406 g/mol. The molecule has 0 spiro atoms. The second kappa shape index (κ2) is 8.10. The van der Waals surface area contributed by atoms with Crippen molar-refractivity contribution < 1.29 is 14.0 Å². The maximum atomic E-state index is 14.3. The Labute approximate surface area is 174 Å². The standard InChI is InChI=1S/C23H23FN4O2/c1-16-15-22(28(25-16)21-6-4-3-5-20(21)24)23(30)27-13-11-26(12-14-27)19-9-7-18(8-10-19)17(2)29/h3-10,15H,11-14H2,1-2H3. The van der Waals surface area contributed by atoms with Crippen LogP contribution in [0.5, 0.6) is 0 Å². The Bertz CT molecular complexity index is 1080. The number of Topliss-reactive ketones (excluding diaryl/α,β-unsaturated/α-hetero) is 1. The fourth-order valence-electron chi connectivity index (χ4n) is 3.70. The van der Waals surface area contributed by atoms with E-state index in [4.69, 9.17) is 0 Å². The first-order valence-corrected chi connectivity index (χ1v) is 9.91. The molecule has 0 atom stereocenters. The molecule has 0 aliphatic carbocycles. The molecule has 1 amide bonds. The van der Waals surface area contributed by atoms with Crippen LogP contribution in [0.4, 0.5) is 10.1 Å². The lowest BCUT2D eigenvalue weighted by atomic mass is 10.1. The number of piperazine rings is 1. The second-order valence-electron chi connectivity index (χ2n) is 7.42. The van der Waals surface area contributed by atoms with E-state index < -0.39 is 5.82 Å². The summed E-state index contributed by atoms with van der Waals surface area (Å²) in [5, 5.41) is 4.33. The molecule has 0 N–H and O–H groups in total. The largest absolute Gasteiger partial charge is 0.368 e. The van der Waals surface area contributed by atoms with E-state index in [1.54, 1.807) is 43.0 Å². The lowest BCUT2D eigenvalue weighted by Gasteiger charge is -2.36. The molecule has 2 aromatic carbocycles. The van der Waals surface area contributed by atoms with Gasteiger partial charge in [0.25, 0.3) is 5.91 Å². The van der Waals surface area contributed by atoms with Crippen LogP contribution in [0.1, 0.15) is 33.5 Å². The van der Waals surface area contributed by atoms with Crippen LogP contribution in [-0.2, 0) is 0 Å². The van der Waals surface area contributed by atoms with Crippen molar-refractivity contribution in [2.45, 2.75) is 13.8 Å². The maximum Gasteiger partial charge on any atom is 0.272 e. The minimum absolute atomic E-state index is 0.0405. The highest BCUT2D eigenvalue weighted by Crippen LogP contribution is 2.21. The average Bonchev–Trinajstić information content (AvgIpc) is 3.15. The van der Waals surface area contributed by atoms with Crippen molar-refractivity contribution in [1.29, 1.82) is 0 Å². The van der Waals surface area contributed by atoms with E-state index in [0.717, 1.165) is 5.69 Å². The first-order valence-electron chi connectivity index (χ1n) is 9.91. The summed E-state index contributed by atoms with van der Waals surface area (Å²) in [6.07, 6.45) is 0. The van der Waals surface area contributed by atoms with Crippen LogP contribution < -0.4 is 4.90 Å². The Kier molecular flexibility index (Phi) is 5.35. The van der Waals surface area contributed by atoms with Crippen LogP contribution in [0.25, 0.3) is 5.69 Å². The number of aromatic nitrogens is 2. The summed E-state index contributed by atoms with van der Waals surface area (Å²) in [7, 11) is 0. The van der Waals surface area contributed by atoms with Crippen molar-refractivity contribution in [2.24, 2.45) is 0 Å². The number of benzene rings is 2. The van der Waals surface area contributed by atoms with Crippen LogP contribution in [-0.4, -0.2) is 52.5 Å². The Balaban J connectivity index is 1.49. The highest BCUT2D eigenvalue weighted by molar-refractivity contribution is 5.94. The van der Waals surface area contributed by atoms with Gasteiger partial charge in [-0.05, 0) is 56.3 Å². The second-order valence-corrected chi connectivity index (χ2v) is 7.42. The fourth-order valence-corrected chi connectivity index (χ4v) is 3.70. The molecular weight excluding hydrogens is 383 g/mol. The Hall–Kier alpha value is -3.48. The minimum Gasteiger partial charge on any atom is -0.368 e. The smallest absolute Gasteiger partial charge is 0.272 e. The predicted molar refractivity (Wildman–Crippen MR) is 113 cm³/mol. The summed E-state index contributed by atoms with van der Waals surface area (Å²) in [6, 6.07) is 15.5. The van der Waals surface area contributed by atoms with Crippen LogP contribution in [0.15, 0.2) is 54.6 Å². The molecule has 0 unspecified atom stereocenters. The van der Waals surface area contributed by atoms with Gasteiger partial charge in [-0.25, -0.2) is 9.07 Å². The number of hydrogen-bond donors (Lipinski definition) is 0. The van der Waals surface area contributed by atoms with E-state index in [0.29, 0.717) is 43.1 Å². The van der Waals surface area contributed by atoms with Crippen LogP contribution in [0.2, 0.25) is 0 Å². The van der Waals surface area contributed by atoms with Crippen molar-refractivity contribution in [2.75, 3.05) is 31.1 Å². The molecule has 0 radical (unpaired) electrons. The molecule has 1 fully saturated rings. The summed E-state index contributed by atoms with van der Waals surface area (Å²) in [4.78, 5) is 28.6.